The highest BCUT2D eigenvalue weighted by Crippen LogP contribution is 2.15. The number of hydrogen-bond donors (Lipinski definition) is 0. The van der Waals surface area contributed by atoms with Gasteiger partial charge in [0.1, 0.15) is 12.4 Å². The molecule has 176 valence electrons. The van der Waals surface area contributed by atoms with E-state index in [1.54, 1.807) is 0 Å². The van der Waals surface area contributed by atoms with Crippen molar-refractivity contribution in [2.45, 2.75) is 97.0 Å². The van der Waals surface area contributed by atoms with Crippen molar-refractivity contribution in [1.82, 2.24) is 0 Å². The molecule has 1 rings (SSSR count). The molecule has 0 saturated carbocycles. The van der Waals surface area contributed by atoms with Crippen LogP contribution < -0.4 is 0 Å². The molecule has 1 aromatic rings. The molecule has 4 nitrogen and oxygen atoms in total. The topological polar surface area (TPSA) is 52.6 Å². The first kappa shape index (κ1) is 27.0. The number of unbranched alkanes of at least 4 members (excludes halogenated alkanes) is 9. The first-order valence-electron chi connectivity index (χ1n) is 11.4. The van der Waals surface area contributed by atoms with Crippen LogP contribution in [0.25, 0.3) is 0 Å². The fourth-order valence-electron chi connectivity index (χ4n) is 3.13. The zero-order chi connectivity index (χ0) is 22.9. The van der Waals surface area contributed by atoms with Crippen LogP contribution in [-0.2, 0) is 25.7 Å². The fraction of sp³-hybridized carbons (Fsp3) is 0.667. The predicted molar refractivity (Wildman–Crippen MR) is 113 cm³/mol. The van der Waals surface area contributed by atoms with E-state index in [0.29, 0.717) is 18.7 Å². The summed E-state index contributed by atoms with van der Waals surface area (Å²) >= 11 is 0. The summed E-state index contributed by atoms with van der Waals surface area (Å²) < 4.78 is 49.4. The zero-order valence-electron chi connectivity index (χ0n) is 18.5. The Morgan fingerprint density at radius 1 is 0.677 bits per heavy atom. The van der Waals surface area contributed by atoms with E-state index in [-0.39, 0.29) is 30.8 Å². The molecule has 0 aromatic heterocycles. The van der Waals surface area contributed by atoms with Gasteiger partial charge in [-0.25, -0.2) is 13.2 Å². The van der Waals surface area contributed by atoms with Crippen LogP contribution in [0.4, 0.5) is 13.2 Å². The van der Waals surface area contributed by atoms with Gasteiger partial charge in [-0.1, -0.05) is 64.7 Å². The van der Waals surface area contributed by atoms with Crippen LogP contribution in [0, 0.1) is 17.5 Å². The van der Waals surface area contributed by atoms with E-state index in [1.807, 2.05) is 0 Å². The van der Waals surface area contributed by atoms with Gasteiger partial charge in [-0.15, -0.1) is 0 Å². The molecule has 0 aliphatic rings. The largest absolute Gasteiger partial charge is 0.466 e. The molecule has 0 unspecified atom stereocenters. The number of benzene rings is 1. The molecular weight excluding hydrogens is 409 g/mol. The SMILES string of the molecule is CCCCCCCCCCCCOC(=O)CCCC(=O)OCc1cc(F)c(F)cc1F. The summed E-state index contributed by atoms with van der Waals surface area (Å²) in [7, 11) is 0. The highest BCUT2D eigenvalue weighted by molar-refractivity contribution is 5.72. The van der Waals surface area contributed by atoms with Crippen molar-refractivity contribution in [3.05, 3.63) is 35.1 Å². The van der Waals surface area contributed by atoms with E-state index in [1.165, 1.54) is 44.9 Å². The summed E-state index contributed by atoms with van der Waals surface area (Å²) in [5.74, 6) is -4.51. The second-order valence-corrected chi connectivity index (χ2v) is 7.77. The summed E-state index contributed by atoms with van der Waals surface area (Å²) in [6.45, 7) is 2.10. The highest BCUT2D eigenvalue weighted by Gasteiger charge is 2.12. The quantitative estimate of drug-likeness (QED) is 0.151. The Labute approximate surface area is 183 Å². The molecule has 7 heteroatoms. The van der Waals surface area contributed by atoms with Crippen LogP contribution in [0.15, 0.2) is 12.1 Å². The number of rotatable bonds is 17. The van der Waals surface area contributed by atoms with Gasteiger partial charge in [0.25, 0.3) is 0 Å². The molecule has 0 heterocycles. The molecular formula is C24H35F3O4. The van der Waals surface area contributed by atoms with E-state index < -0.39 is 30.0 Å². The molecule has 0 bridgehead atoms. The average Bonchev–Trinajstić information content (AvgIpc) is 2.73. The third-order valence-corrected chi connectivity index (χ3v) is 5.00. The molecule has 0 spiro atoms. The highest BCUT2D eigenvalue weighted by atomic mass is 19.2. The zero-order valence-corrected chi connectivity index (χ0v) is 18.5. The molecule has 1 aromatic carbocycles. The van der Waals surface area contributed by atoms with Crippen molar-refractivity contribution >= 4 is 11.9 Å². The van der Waals surface area contributed by atoms with Crippen LogP contribution in [0.2, 0.25) is 0 Å². The smallest absolute Gasteiger partial charge is 0.306 e. The Kier molecular flexibility index (Phi) is 14.5. The molecule has 0 atom stereocenters. The Morgan fingerprint density at radius 3 is 1.81 bits per heavy atom. The molecule has 0 radical (unpaired) electrons. The number of hydrogen-bond acceptors (Lipinski definition) is 4. The van der Waals surface area contributed by atoms with Gasteiger partial charge in [0, 0.05) is 24.5 Å². The van der Waals surface area contributed by atoms with Crippen LogP contribution in [-0.4, -0.2) is 18.5 Å². The first-order chi connectivity index (χ1) is 14.9. The van der Waals surface area contributed by atoms with Crippen molar-refractivity contribution in [2.24, 2.45) is 0 Å². The number of carbonyl (C=O) groups is 2. The standard InChI is InChI=1S/C24H35F3O4/c1-2-3-4-5-6-7-8-9-10-11-15-30-23(28)13-12-14-24(29)31-18-19-16-21(26)22(27)17-20(19)25/h16-17H,2-15,18H2,1H3. The number of esters is 2. The van der Waals surface area contributed by atoms with Crippen molar-refractivity contribution in [1.29, 1.82) is 0 Å². The molecule has 0 amide bonds. The van der Waals surface area contributed by atoms with Crippen LogP contribution in [0.1, 0.15) is 96.0 Å². The minimum Gasteiger partial charge on any atom is -0.466 e. The van der Waals surface area contributed by atoms with Gasteiger partial charge in [-0.2, -0.15) is 0 Å². The minimum absolute atomic E-state index is 0.0430. The van der Waals surface area contributed by atoms with Gasteiger partial charge in [0.15, 0.2) is 11.6 Å². The molecule has 31 heavy (non-hydrogen) atoms. The number of carbonyl (C=O) groups excluding carboxylic acids is 2. The maximum absolute atomic E-state index is 13.5. The third kappa shape index (κ3) is 13.1. The normalized spacial score (nSPS) is 10.8. The number of halogens is 3. The fourth-order valence-corrected chi connectivity index (χ4v) is 3.13. The van der Waals surface area contributed by atoms with E-state index in [9.17, 15) is 22.8 Å². The maximum Gasteiger partial charge on any atom is 0.306 e. The monoisotopic (exact) mass is 444 g/mol. The van der Waals surface area contributed by atoms with Crippen LogP contribution in [0.5, 0.6) is 0 Å². The second-order valence-electron chi connectivity index (χ2n) is 7.77. The molecule has 0 fully saturated rings. The summed E-state index contributed by atoms with van der Waals surface area (Å²) in [4.78, 5) is 23.3. The molecule has 0 aliphatic carbocycles. The molecule has 0 aliphatic heterocycles. The van der Waals surface area contributed by atoms with Gasteiger partial charge in [0.05, 0.1) is 6.61 Å². The second kappa shape index (κ2) is 16.6. The lowest BCUT2D eigenvalue weighted by atomic mass is 10.1. The summed E-state index contributed by atoms with van der Waals surface area (Å²) in [6, 6.07) is 1.06. The van der Waals surface area contributed by atoms with Crippen molar-refractivity contribution < 1.29 is 32.2 Å². The Morgan fingerprint density at radius 2 is 1.19 bits per heavy atom. The lowest BCUT2D eigenvalue weighted by Crippen LogP contribution is -2.09. The lowest BCUT2D eigenvalue weighted by molar-refractivity contribution is -0.146. The summed E-state index contributed by atoms with van der Waals surface area (Å²) in [5.41, 5.74) is -0.247. The van der Waals surface area contributed by atoms with Gasteiger partial charge in [-0.3, -0.25) is 9.59 Å². The maximum atomic E-state index is 13.5. The summed E-state index contributed by atoms with van der Waals surface area (Å²) in [6.07, 6.45) is 12.3. The van der Waals surface area contributed by atoms with Gasteiger partial charge >= 0.3 is 11.9 Å². The first-order valence-corrected chi connectivity index (χ1v) is 11.4. The summed E-state index contributed by atoms with van der Waals surface area (Å²) in [5, 5.41) is 0. The van der Waals surface area contributed by atoms with Crippen molar-refractivity contribution in [2.75, 3.05) is 6.61 Å². The third-order valence-electron chi connectivity index (χ3n) is 5.00. The average molecular weight is 445 g/mol. The molecule has 0 saturated heterocycles. The van der Waals surface area contributed by atoms with E-state index in [4.69, 9.17) is 9.47 Å². The van der Waals surface area contributed by atoms with E-state index >= 15 is 0 Å². The Balaban J connectivity index is 1.99. The predicted octanol–water partition coefficient (Wildman–Crippen LogP) is 6.78. The Hall–Kier alpha value is -2.05. The van der Waals surface area contributed by atoms with E-state index in [0.717, 1.165) is 19.3 Å². The van der Waals surface area contributed by atoms with Crippen molar-refractivity contribution in [3.63, 3.8) is 0 Å². The minimum atomic E-state index is -1.30. The Bertz CT molecular complexity index is 664. The van der Waals surface area contributed by atoms with Gasteiger partial charge in [-0.05, 0) is 18.9 Å². The van der Waals surface area contributed by atoms with Crippen LogP contribution in [0.3, 0.4) is 0 Å². The van der Waals surface area contributed by atoms with Gasteiger partial charge in [0.2, 0.25) is 0 Å². The van der Waals surface area contributed by atoms with Crippen LogP contribution >= 0.6 is 0 Å². The van der Waals surface area contributed by atoms with E-state index in [2.05, 4.69) is 6.92 Å². The number of ether oxygens (including phenoxy) is 2. The van der Waals surface area contributed by atoms with Gasteiger partial charge < -0.3 is 9.47 Å². The van der Waals surface area contributed by atoms with Crippen molar-refractivity contribution in [3.8, 4) is 0 Å². The lowest BCUT2D eigenvalue weighted by Gasteiger charge is -2.07. The molecule has 0 N–H and O–H groups in total.